The molecule has 1 amide bonds. The molecule has 2 bridgehead atoms. The van der Waals surface area contributed by atoms with Crippen molar-refractivity contribution in [3.8, 4) is 5.75 Å². The van der Waals surface area contributed by atoms with Gasteiger partial charge < -0.3 is 9.64 Å². The summed E-state index contributed by atoms with van der Waals surface area (Å²) < 4.78 is 46.8. The van der Waals surface area contributed by atoms with E-state index in [9.17, 15) is 28.1 Å². The molecule has 12 heteroatoms. The summed E-state index contributed by atoms with van der Waals surface area (Å²) >= 11 is 2.95. The van der Waals surface area contributed by atoms with E-state index in [0.717, 1.165) is 45.1 Å². The van der Waals surface area contributed by atoms with Crippen LogP contribution in [-0.2, 0) is 11.9 Å². The first-order chi connectivity index (χ1) is 19.6. The Balaban J connectivity index is 1.06. The average molecular weight is 600 g/mol. The van der Waals surface area contributed by atoms with E-state index in [1.807, 2.05) is 29.2 Å². The summed E-state index contributed by atoms with van der Waals surface area (Å²) in [6.07, 6.45) is -1.81. The minimum Gasteiger partial charge on any atom is -0.490 e. The van der Waals surface area contributed by atoms with E-state index in [0.29, 0.717) is 24.2 Å². The molecule has 2 saturated heterocycles. The van der Waals surface area contributed by atoms with Crippen molar-refractivity contribution in [3.05, 3.63) is 93.5 Å². The van der Waals surface area contributed by atoms with Gasteiger partial charge in [0.15, 0.2) is 4.34 Å². The van der Waals surface area contributed by atoms with Gasteiger partial charge in [-0.25, -0.2) is 4.98 Å². The maximum Gasteiger partial charge on any atom is 0.416 e. The number of amides is 1. The van der Waals surface area contributed by atoms with Gasteiger partial charge in [-0.2, -0.15) is 13.2 Å². The zero-order valence-electron chi connectivity index (χ0n) is 21.5. The lowest BCUT2D eigenvalue weighted by Gasteiger charge is -2.39. The molecule has 3 aromatic carbocycles. The van der Waals surface area contributed by atoms with Crippen LogP contribution in [0.2, 0.25) is 0 Å². The summed E-state index contributed by atoms with van der Waals surface area (Å²) in [5.74, 6) is 0.798. The largest absolute Gasteiger partial charge is 0.490 e. The molecule has 41 heavy (non-hydrogen) atoms. The number of carbonyl (C=O) groups excluding carboxylic acids is 1. The number of nitro benzene ring substituents is 1. The van der Waals surface area contributed by atoms with Crippen LogP contribution >= 0.6 is 23.1 Å². The molecule has 212 valence electrons. The van der Waals surface area contributed by atoms with Gasteiger partial charge in [-0.1, -0.05) is 30.0 Å². The standard InChI is InChI=1S/C29H24F3N3O4S2/c30-29(31,32)19-2-1-3-23(12-19)39-24-13-20-8-9-21(14-24)34(20)27(36)18-6-4-17(5-7-18)16-40-28-33-25-11-10-22(35(37)38)15-26(25)41-28/h1-7,10-12,15,20-21,24H,8-9,13-14,16H2. The van der Waals surface area contributed by atoms with Gasteiger partial charge >= 0.3 is 6.18 Å². The van der Waals surface area contributed by atoms with Gasteiger partial charge in [-0.05, 0) is 54.8 Å². The maximum absolute atomic E-state index is 13.4. The fraction of sp³-hybridized carbons (Fsp3) is 0.310. The lowest BCUT2D eigenvalue weighted by molar-refractivity contribution is -0.384. The van der Waals surface area contributed by atoms with Crippen molar-refractivity contribution < 1.29 is 27.6 Å². The normalized spacial score (nSPS) is 20.4. The minimum absolute atomic E-state index is 0.0119. The van der Waals surface area contributed by atoms with Gasteiger partial charge in [-0.3, -0.25) is 14.9 Å². The number of nitrogens with zero attached hydrogens (tertiary/aromatic N) is 3. The van der Waals surface area contributed by atoms with Crippen LogP contribution in [0.5, 0.6) is 5.75 Å². The summed E-state index contributed by atoms with van der Waals surface area (Å²) in [4.78, 5) is 30.5. The third kappa shape index (κ3) is 5.89. The Morgan fingerprint density at radius 3 is 2.49 bits per heavy atom. The summed E-state index contributed by atoms with van der Waals surface area (Å²) in [5.41, 5.74) is 1.65. The van der Waals surface area contributed by atoms with Crippen molar-refractivity contribution in [1.29, 1.82) is 0 Å². The highest BCUT2D eigenvalue weighted by Crippen LogP contribution is 2.39. The molecule has 0 saturated carbocycles. The van der Waals surface area contributed by atoms with Gasteiger partial charge in [0.2, 0.25) is 0 Å². The van der Waals surface area contributed by atoms with Crippen LogP contribution in [-0.4, -0.2) is 38.9 Å². The Kier molecular flexibility index (Phi) is 7.37. The predicted molar refractivity (Wildman–Crippen MR) is 150 cm³/mol. The molecule has 6 rings (SSSR count). The smallest absolute Gasteiger partial charge is 0.416 e. The summed E-state index contributed by atoms with van der Waals surface area (Å²) in [7, 11) is 0. The maximum atomic E-state index is 13.4. The topological polar surface area (TPSA) is 85.6 Å². The van der Waals surface area contributed by atoms with Crippen molar-refractivity contribution in [2.24, 2.45) is 0 Å². The van der Waals surface area contributed by atoms with Crippen molar-refractivity contribution in [3.63, 3.8) is 0 Å². The second-order valence-electron chi connectivity index (χ2n) is 10.2. The van der Waals surface area contributed by atoms with E-state index in [1.165, 1.54) is 47.4 Å². The number of alkyl halides is 3. The highest BCUT2D eigenvalue weighted by Gasteiger charge is 2.44. The molecule has 1 aromatic heterocycles. The third-order valence-corrected chi connectivity index (χ3v) is 9.75. The minimum atomic E-state index is -4.43. The summed E-state index contributed by atoms with van der Waals surface area (Å²) in [5, 5.41) is 11.0. The Hall–Kier alpha value is -3.64. The molecule has 3 heterocycles. The molecule has 0 radical (unpaired) electrons. The number of hydrogen-bond donors (Lipinski definition) is 0. The quantitative estimate of drug-likeness (QED) is 0.123. The van der Waals surface area contributed by atoms with E-state index < -0.39 is 16.7 Å². The van der Waals surface area contributed by atoms with Crippen LogP contribution in [0.3, 0.4) is 0 Å². The number of aromatic nitrogens is 1. The number of rotatable bonds is 7. The van der Waals surface area contributed by atoms with Crippen LogP contribution in [0.4, 0.5) is 18.9 Å². The highest BCUT2D eigenvalue weighted by molar-refractivity contribution is 8.00. The number of nitro groups is 1. The number of thiazole rings is 1. The molecule has 2 aliphatic heterocycles. The molecule has 0 aliphatic carbocycles. The predicted octanol–water partition coefficient (Wildman–Crippen LogP) is 7.73. The summed E-state index contributed by atoms with van der Waals surface area (Å²) in [6.45, 7) is 0. The number of hydrogen-bond acceptors (Lipinski definition) is 7. The van der Waals surface area contributed by atoms with Crippen LogP contribution in [0, 0.1) is 10.1 Å². The van der Waals surface area contributed by atoms with Crippen molar-refractivity contribution in [2.75, 3.05) is 0 Å². The van der Waals surface area contributed by atoms with E-state index in [4.69, 9.17) is 4.74 Å². The number of halogens is 3. The van der Waals surface area contributed by atoms with Gasteiger partial charge in [0.25, 0.3) is 11.6 Å². The molecular weight excluding hydrogens is 575 g/mol. The van der Waals surface area contributed by atoms with Gasteiger partial charge in [-0.15, -0.1) is 11.3 Å². The number of non-ortho nitro benzene ring substituents is 1. The fourth-order valence-electron chi connectivity index (χ4n) is 5.60. The Labute approximate surface area is 241 Å². The highest BCUT2D eigenvalue weighted by atomic mass is 32.2. The number of fused-ring (bicyclic) bond motifs is 3. The first-order valence-electron chi connectivity index (χ1n) is 13.1. The average Bonchev–Trinajstić information content (AvgIpc) is 3.48. The molecule has 4 aromatic rings. The van der Waals surface area contributed by atoms with Gasteiger partial charge in [0.1, 0.15) is 11.9 Å². The number of thioether (sulfide) groups is 1. The van der Waals surface area contributed by atoms with Crippen molar-refractivity contribution in [2.45, 2.75) is 60.1 Å². The lowest BCUT2D eigenvalue weighted by Crippen LogP contribution is -2.49. The second kappa shape index (κ2) is 11.0. The Morgan fingerprint density at radius 2 is 1.80 bits per heavy atom. The second-order valence-corrected chi connectivity index (χ2v) is 12.5. The van der Waals surface area contributed by atoms with Crippen LogP contribution in [0.15, 0.2) is 71.1 Å². The first kappa shape index (κ1) is 27.5. The van der Waals surface area contributed by atoms with Crippen LogP contribution in [0.25, 0.3) is 10.2 Å². The van der Waals surface area contributed by atoms with Crippen LogP contribution < -0.4 is 4.74 Å². The molecule has 0 spiro atoms. The molecule has 2 fully saturated rings. The Morgan fingerprint density at radius 1 is 1.07 bits per heavy atom. The van der Waals surface area contributed by atoms with Crippen LogP contribution in [0.1, 0.15) is 47.2 Å². The van der Waals surface area contributed by atoms with Gasteiger partial charge in [0, 0.05) is 48.4 Å². The molecule has 2 unspecified atom stereocenters. The van der Waals surface area contributed by atoms with Crippen molar-refractivity contribution >= 4 is 44.9 Å². The number of ether oxygens (including phenoxy) is 1. The SMILES string of the molecule is O=C(c1ccc(CSc2nc3ccc([N+](=O)[O-])cc3s2)cc1)N1C2CCC1CC(Oc1cccc(C(F)(F)F)c1)C2. The van der Waals surface area contributed by atoms with E-state index in [-0.39, 0.29) is 35.5 Å². The van der Waals surface area contributed by atoms with E-state index in [1.54, 1.807) is 6.07 Å². The van der Waals surface area contributed by atoms with E-state index in [2.05, 4.69) is 4.98 Å². The molecule has 2 aliphatic rings. The molecular formula is C29H24F3N3O4S2. The number of carbonyl (C=O) groups is 1. The van der Waals surface area contributed by atoms with E-state index >= 15 is 0 Å². The Bertz CT molecular complexity index is 1600. The summed E-state index contributed by atoms with van der Waals surface area (Å²) in [6, 6.07) is 17.0. The first-order valence-corrected chi connectivity index (χ1v) is 14.9. The lowest BCUT2D eigenvalue weighted by atomic mass is 9.98. The molecule has 2 atom stereocenters. The van der Waals surface area contributed by atoms with Gasteiger partial charge in [0.05, 0.1) is 20.7 Å². The van der Waals surface area contributed by atoms with Crippen molar-refractivity contribution in [1.82, 2.24) is 9.88 Å². The zero-order valence-corrected chi connectivity index (χ0v) is 23.2. The molecule has 7 nitrogen and oxygen atoms in total. The fourth-order valence-corrected chi connectivity index (χ4v) is 7.66. The number of piperidine rings is 1. The number of benzene rings is 3. The monoisotopic (exact) mass is 599 g/mol. The zero-order chi connectivity index (χ0) is 28.7. The third-order valence-electron chi connectivity index (χ3n) is 7.51. The molecule has 0 N–H and O–H groups in total.